The van der Waals surface area contributed by atoms with Gasteiger partial charge >= 0.3 is 5.69 Å². The molecule has 1 aliphatic carbocycles. The first-order valence-electron chi connectivity index (χ1n) is 9.10. The average molecular weight is 367 g/mol. The third-order valence-electron chi connectivity index (χ3n) is 4.32. The van der Waals surface area contributed by atoms with Crippen molar-refractivity contribution in [3.8, 4) is 5.88 Å². The summed E-state index contributed by atoms with van der Waals surface area (Å²) in [6.45, 7) is 3.18. The second-order valence-corrected chi connectivity index (χ2v) is 6.42. The maximum atomic E-state index is 11.3. The normalized spacial score (nSPS) is 14.3. The van der Waals surface area contributed by atoms with E-state index < -0.39 is 16.4 Å². The highest BCUT2D eigenvalue weighted by Gasteiger charge is 2.21. The maximum absolute atomic E-state index is 11.3. The number of aromatic nitrogens is 1. The fraction of sp³-hybridized carbons (Fsp3) is 0.667. The molecule has 0 unspecified atom stereocenters. The van der Waals surface area contributed by atoms with Gasteiger partial charge in [0.05, 0.1) is 17.1 Å². The van der Waals surface area contributed by atoms with Gasteiger partial charge in [-0.2, -0.15) is 4.98 Å². The summed E-state index contributed by atoms with van der Waals surface area (Å²) in [6, 6.07) is 1.01. The molecule has 1 aliphatic rings. The van der Waals surface area contributed by atoms with E-state index in [-0.39, 0.29) is 30.5 Å². The number of ketones is 1. The topological polar surface area (TPSA) is 129 Å². The highest BCUT2D eigenvalue weighted by molar-refractivity contribution is 5.97. The van der Waals surface area contributed by atoms with Gasteiger partial charge in [0.1, 0.15) is 6.61 Å². The lowest BCUT2D eigenvalue weighted by atomic mass is 9.86. The summed E-state index contributed by atoms with van der Waals surface area (Å²) < 4.78 is 4.98. The number of Topliss-reactive ketones (excluding diaryl/α,β-unsaturated/α-hetero) is 1. The Bertz CT molecular complexity index is 598. The summed E-state index contributed by atoms with van der Waals surface area (Å²) in [6.07, 6.45) is 10.4. The Morgan fingerprint density at radius 1 is 1.42 bits per heavy atom. The van der Waals surface area contributed by atoms with Crippen LogP contribution < -0.4 is 10.5 Å². The summed E-state index contributed by atoms with van der Waals surface area (Å²) in [5, 5.41) is 19.2. The molecule has 0 aliphatic heterocycles. The van der Waals surface area contributed by atoms with Gasteiger partial charge in [0, 0.05) is 6.07 Å². The van der Waals surface area contributed by atoms with Gasteiger partial charge in [-0.1, -0.05) is 51.9 Å². The van der Waals surface area contributed by atoms with Crippen molar-refractivity contribution in [1.82, 2.24) is 4.98 Å². The summed E-state index contributed by atoms with van der Waals surface area (Å²) in [4.78, 5) is 24.8. The summed E-state index contributed by atoms with van der Waals surface area (Å²) in [5.41, 5.74) is 4.86. The summed E-state index contributed by atoms with van der Waals surface area (Å²) >= 11 is 0. The van der Waals surface area contributed by atoms with E-state index in [2.05, 4.69) is 11.9 Å². The van der Waals surface area contributed by atoms with Gasteiger partial charge in [0.15, 0.2) is 5.78 Å². The van der Waals surface area contributed by atoms with E-state index in [1.165, 1.54) is 51.9 Å². The predicted octanol–water partition coefficient (Wildman–Crippen LogP) is 3.51. The number of nitrogen functional groups attached to an aromatic ring is 1. The van der Waals surface area contributed by atoms with E-state index >= 15 is 0 Å². The first kappa shape index (κ1) is 21.8. The molecule has 1 aromatic heterocycles. The minimum atomic E-state index is -0.732. The van der Waals surface area contributed by atoms with Crippen LogP contribution in [0.4, 0.5) is 11.5 Å². The number of hydrogen-bond donors (Lipinski definition) is 2. The molecule has 1 heterocycles. The lowest BCUT2D eigenvalue weighted by molar-refractivity contribution is -0.384. The molecule has 8 nitrogen and oxygen atoms in total. The van der Waals surface area contributed by atoms with Crippen molar-refractivity contribution in [2.75, 3.05) is 18.9 Å². The largest absolute Gasteiger partial charge is 0.475 e. The van der Waals surface area contributed by atoms with Crippen LogP contribution in [0, 0.1) is 16.0 Å². The molecule has 2 rings (SSSR count). The molecule has 0 aromatic carbocycles. The first-order valence-corrected chi connectivity index (χ1v) is 9.10. The third-order valence-corrected chi connectivity index (χ3v) is 4.32. The SMILES string of the molecule is CC(=O)c1cc([N+](=O)[O-])c(N)nc1OCCO.CCCC1CCCCC1. The first-order chi connectivity index (χ1) is 12.4. The second kappa shape index (κ2) is 11.4. The zero-order valence-corrected chi connectivity index (χ0v) is 15.6. The smallest absolute Gasteiger partial charge is 0.312 e. The Labute approximate surface area is 153 Å². The third kappa shape index (κ3) is 6.95. The van der Waals surface area contributed by atoms with Gasteiger partial charge < -0.3 is 15.6 Å². The molecule has 0 radical (unpaired) electrons. The number of aliphatic hydroxyl groups is 1. The van der Waals surface area contributed by atoms with Crippen molar-refractivity contribution >= 4 is 17.3 Å². The van der Waals surface area contributed by atoms with E-state index in [0.29, 0.717) is 0 Å². The predicted molar refractivity (Wildman–Crippen MR) is 99.4 cm³/mol. The number of nitro groups is 1. The number of hydrogen-bond acceptors (Lipinski definition) is 7. The van der Waals surface area contributed by atoms with Crippen LogP contribution in [0.25, 0.3) is 0 Å². The highest BCUT2D eigenvalue weighted by atomic mass is 16.6. The number of ether oxygens (including phenoxy) is 1. The second-order valence-electron chi connectivity index (χ2n) is 6.42. The number of nitrogens with two attached hydrogens (primary N) is 1. The lowest BCUT2D eigenvalue weighted by Crippen LogP contribution is -2.10. The Hall–Kier alpha value is -2.22. The van der Waals surface area contributed by atoms with Crippen molar-refractivity contribution in [2.45, 2.75) is 58.8 Å². The van der Waals surface area contributed by atoms with E-state index in [0.717, 1.165) is 12.0 Å². The van der Waals surface area contributed by atoms with Gasteiger partial charge in [-0.25, -0.2) is 0 Å². The number of nitrogens with zero attached hydrogens (tertiary/aromatic N) is 2. The molecular weight excluding hydrogens is 338 g/mol. The molecule has 1 aromatic rings. The quantitative estimate of drug-likeness (QED) is 0.428. The van der Waals surface area contributed by atoms with Crippen molar-refractivity contribution in [2.24, 2.45) is 5.92 Å². The Balaban J connectivity index is 0.000000314. The molecule has 1 saturated carbocycles. The lowest BCUT2D eigenvalue weighted by Gasteiger charge is -2.20. The molecule has 0 atom stereocenters. The van der Waals surface area contributed by atoms with Crippen molar-refractivity contribution in [3.05, 3.63) is 21.7 Å². The highest BCUT2D eigenvalue weighted by Crippen LogP contribution is 2.28. The summed E-state index contributed by atoms with van der Waals surface area (Å²) in [7, 11) is 0. The van der Waals surface area contributed by atoms with Crippen LogP contribution >= 0.6 is 0 Å². The number of rotatable bonds is 7. The van der Waals surface area contributed by atoms with Crippen LogP contribution in [-0.2, 0) is 0 Å². The maximum Gasteiger partial charge on any atom is 0.312 e. The minimum absolute atomic E-state index is 0.0423. The standard InChI is InChI=1S/C9H11N3O5.C9H18/c1-5(14)6-4-7(12(15)16)8(10)11-9(6)17-3-2-13;1-2-6-9-7-4-3-5-8-9/h4,13H,2-3H2,1H3,(H2,10,11);9H,2-8H2,1H3. The molecule has 26 heavy (non-hydrogen) atoms. The molecule has 8 heteroatoms. The van der Waals surface area contributed by atoms with Crippen LogP contribution in [0.15, 0.2) is 6.07 Å². The van der Waals surface area contributed by atoms with Gasteiger partial charge in [0.2, 0.25) is 11.7 Å². The van der Waals surface area contributed by atoms with Crippen molar-refractivity contribution in [1.29, 1.82) is 0 Å². The van der Waals surface area contributed by atoms with Crippen LogP contribution in [0.1, 0.15) is 69.2 Å². The van der Waals surface area contributed by atoms with Gasteiger partial charge in [-0.15, -0.1) is 0 Å². The number of aliphatic hydroxyl groups excluding tert-OH is 1. The van der Waals surface area contributed by atoms with E-state index in [4.69, 9.17) is 15.6 Å². The summed E-state index contributed by atoms with van der Waals surface area (Å²) in [5.74, 6) is 0.208. The van der Waals surface area contributed by atoms with Gasteiger partial charge in [0.25, 0.3) is 0 Å². The van der Waals surface area contributed by atoms with Crippen LogP contribution in [-0.4, -0.2) is 34.0 Å². The van der Waals surface area contributed by atoms with Gasteiger partial charge in [-0.3, -0.25) is 14.9 Å². The Morgan fingerprint density at radius 3 is 2.58 bits per heavy atom. The molecule has 1 fully saturated rings. The molecule has 3 N–H and O–H groups in total. The average Bonchev–Trinajstić information content (AvgIpc) is 2.61. The monoisotopic (exact) mass is 367 g/mol. The number of carbonyl (C=O) groups is 1. The molecule has 0 amide bonds. The van der Waals surface area contributed by atoms with Crippen molar-refractivity contribution in [3.63, 3.8) is 0 Å². The zero-order valence-electron chi connectivity index (χ0n) is 15.6. The van der Waals surface area contributed by atoms with E-state index in [9.17, 15) is 14.9 Å². The van der Waals surface area contributed by atoms with Crippen LogP contribution in [0.5, 0.6) is 5.88 Å². The molecule has 0 saturated heterocycles. The molecule has 146 valence electrons. The van der Waals surface area contributed by atoms with Crippen molar-refractivity contribution < 1.29 is 19.6 Å². The fourth-order valence-corrected chi connectivity index (χ4v) is 3.03. The molecular formula is C18H29N3O5. The Morgan fingerprint density at radius 2 is 2.08 bits per heavy atom. The number of anilines is 1. The van der Waals surface area contributed by atoms with Gasteiger partial charge in [-0.05, 0) is 12.8 Å². The minimum Gasteiger partial charge on any atom is -0.475 e. The van der Waals surface area contributed by atoms with Crippen LogP contribution in [0.3, 0.4) is 0 Å². The Kier molecular flexibility index (Phi) is 9.57. The fourth-order valence-electron chi connectivity index (χ4n) is 3.03. The number of carbonyl (C=O) groups excluding carboxylic acids is 1. The van der Waals surface area contributed by atoms with Crippen LogP contribution in [0.2, 0.25) is 0 Å². The molecule has 0 bridgehead atoms. The number of pyridine rings is 1. The van der Waals surface area contributed by atoms with E-state index in [1.807, 2.05) is 0 Å². The zero-order chi connectivity index (χ0) is 19.5. The molecule has 0 spiro atoms. The van der Waals surface area contributed by atoms with E-state index in [1.54, 1.807) is 0 Å².